The monoisotopic (exact) mass is 641 g/mol. The van der Waals surface area contributed by atoms with Crippen LogP contribution in [-0.4, -0.2) is 40.0 Å². The fourth-order valence-electron chi connectivity index (χ4n) is 4.36. The summed E-state index contributed by atoms with van der Waals surface area (Å²) in [6, 6.07) is 20.3. The van der Waals surface area contributed by atoms with E-state index >= 15 is 0 Å². The van der Waals surface area contributed by atoms with Crippen LogP contribution in [0.3, 0.4) is 0 Å². The van der Waals surface area contributed by atoms with Gasteiger partial charge in [0.05, 0.1) is 36.3 Å². The minimum atomic E-state index is -0.554. The summed E-state index contributed by atoms with van der Waals surface area (Å²) in [5.74, 6) is 1.42. The van der Waals surface area contributed by atoms with Crippen molar-refractivity contribution in [2.24, 2.45) is 5.10 Å². The number of pyridine rings is 1. The average Bonchev–Trinajstić information content (AvgIpc) is 3.44. The molecule has 6 rings (SSSR count). The number of nitro groups is 1. The summed E-state index contributed by atoms with van der Waals surface area (Å²) >= 11 is 3.47. The number of methoxy groups -OCH3 is 2. The third kappa shape index (κ3) is 5.40. The molecule has 12 nitrogen and oxygen atoms in total. The van der Waals surface area contributed by atoms with E-state index in [1.54, 1.807) is 42.5 Å². The molecule has 3 aromatic carbocycles. The van der Waals surface area contributed by atoms with E-state index in [-0.39, 0.29) is 40.2 Å². The topological polar surface area (TPSA) is 144 Å². The lowest BCUT2D eigenvalue weighted by Gasteiger charge is -2.14. The Balaban J connectivity index is 1.43. The Hall–Kier alpha value is -5.56. The standard InChI is InChI=1S/C30H20BrN5O7/c1-40-24-11-17(12-25(41-2)28(24)43-27-10-8-20(16-32-27)36(38)39)15-33-35-29(34-22-6-4-3-5-21(22)30(35)37)26-14-18-13-19(31)7-9-23(18)42-26/h3-16H,1-2H3. The van der Waals surface area contributed by atoms with E-state index in [1.165, 1.54) is 37.2 Å². The van der Waals surface area contributed by atoms with Crippen LogP contribution >= 0.6 is 15.9 Å². The predicted octanol–water partition coefficient (Wildman–Crippen LogP) is 6.57. The van der Waals surface area contributed by atoms with Gasteiger partial charge in [0.2, 0.25) is 17.5 Å². The molecule has 0 saturated carbocycles. The van der Waals surface area contributed by atoms with Gasteiger partial charge < -0.3 is 18.6 Å². The number of hydrogen-bond donors (Lipinski definition) is 0. The Kier molecular flexibility index (Phi) is 7.30. The lowest BCUT2D eigenvalue weighted by Crippen LogP contribution is -2.20. The largest absolute Gasteiger partial charge is 0.493 e. The van der Waals surface area contributed by atoms with E-state index < -0.39 is 4.92 Å². The van der Waals surface area contributed by atoms with Crippen LogP contribution in [0.5, 0.6) is 23.1 Å². The van der Waals surface area contributed by atoms with Crippen molar-refractivity contribution in [3.8, 4) is 34.7 Å². The van der Waals surface area contributed by atoms with Crippen molar-refractivity contribution >= 4 is 49.7 Å². The lowest BCUT2D eigenvalue weighted by molar-refractivity contribution is -0.385. The minimum Gasteiger partial charge on any atom is -0.493 e. The number of ether oxygens (including phenoxy) is 3. The number of benzene rings is 3. The van der Waals surface area contributed by atoms with Gasteiger partial charge in [-0.2, -0.15) is 9.78 Å². The van der Waals surface area contributed by atoms with Gasteiger partial charge >= 0.3 is 0 Å². The van der Waals surface area contributed by atoms with E-state index in [4.69, 9.17) is 23.6 Å². The second-order valence-electron chi connectivity index (χ2n) is 9.08. The first-order valence-corrected chi connectivity index (χ1v) is 13.4. The first kappa shape index (κ1) is 27.6. The van der Waals surface area contributed by atoms with E-state index in [1.807, 2.05) is 18.2 Å². The molecule has 3 heterocycles. The van der Waals surface area contributed by atoms with Crippen LogP contribution in [0.2, 0.25) is 0 Å². The minimum absolute atomic E-state index is 0.0971. The first-order valence-electron chi connectivity index (χ1n) is 12.6. The van der Waals surface area contributed by atoms with Gasteiger partial charge in [0, 0.05) is 27.6 Å². The Morgan fingerprint density at radius 3 is 2.49 bits per heavy atom. The van der Waals surface area contributed by atoms with Crippen molar-refractivity contribution in [1.29, 1.82) is 0 Å². The molecule has 214 valence electrons. The van der Waals surface area contributed by atoms with Gasteiger partial charge in [0.25, 0.3) is 11.2 Å². The van der Waals surface area contributed by atoms with E-state index in [2.05, 4.69) is 26.0 Å². The SMILES string of the molecule is COc1cc(C=Nn2c(-c3cc4cc(Br)ccc4o3)nc3ccccc3c2=O)cc(OC)c1Oc1ccc([N+](=O)[O-])cn1. The maximum Gasteiger partial charge on any atom is 0.287 e. The Morgan fingerprint density at radius 2 is 1.79 bits per heavy atom. The number of fused-ring (bicyclic) bond motifs is 2. The van der Waals surface area contributed by atoms with Gasteiger partial charge in [-0.1, -0.05) is 28.1 Å². The van der Waals surface area contributed by atoms with Crippen LogP contribution in [0.25, 0.3) is 33.5 Å². The molecular formula is C30H20BrN5O7. The van der Waals surface area contributed by atoms with Gasteiger partial charge in [-0.15, -0.1) is 0 Å². The van der Waals surface area contributed by atoms with Crippen LogP contribution in [-0.2, 0) is 0 Å². The maximum absolute atomic E-state index is 13.6. The van der Waals surface area contributed by atoms with Crippen molar-refractivity contribution in [2.45, 2.75) is 0 Å². The van der Waals surface area contributed by atoms with E-state index in [0.717, 1.165) is 16.1 Å². The molecule has 43 heavy (non-hydrogen) atoms. The number of aromatic nitrogens is 3. The molecule has 0 unspecified atom stereocenters. The van der Waals surface area contributed by atoms with Crippen LogP contribution in [0.15, 0.2) is 97.8 Å². The highest BCUT2D eigenvalue weighted by molar-refractivity contribution is 9.10. The number of hydrogen-bond acceptors (Lipinski definition) is 10. The summed E-state index contributed by atoms with van der Waals surface area (Å²) in [5, 5.41) is 16.7. The predicted molar refractivity (Wildman–Crippen MR) is 162 cm³/mol. The highest BCUT2D eigenvalue weighted by Gasteiger charge is 2.19. The summed E-state index contributed by atoms with van der Waals surface area (Å²) in [5.41, 5.74) is 1.08. The molecule has 0 fully saturated rings. The quantitative estimate of drug-likeness (QED) is 0.102. The molecule has 0 saturated heterocycles. The molecule has 0 spiro atoms. The maximum atomic E-state index is 13.6. The van der Waals surface area contributed by atoms with Crippen molar-refractivity contribution in [3.63, 3.8) is 0 Å². The van der Waals surface area contributed by atoms with Gasteiger partial charge in [-0.25, -0.2) is 9.97 Å². The van der Waals surface area contributed by atoms with Crippen LogP contribution in [0.1, 0.15) is 5.56 Å². The smallest absolute Gasteiger partial charge is 0.287 e. The number of nitrogens with zero attached hydrogens (tertiary/aromatic N) is 5. The van der Waals surface area contributed by atoms with Crippen molar-refractivity contribution in [3.05, 3.63) is 109 Å². The Morgan fingerprint density at radius 1 is 1.02 bits per heavy atom. The second kappa shape index (κ2) is 11.4. The van der Waals surface area contributed by atoms with Crippen LogP contribution in [0.4, 0.5) is 5.69 Å². The fraction of sp³-hybridized carbons (Fsp3) is 0.0667. The average molecular weight is 642 g/mol. The van der Waals surface area contributed by atoms with Crippen molar-refractivity contribution < 1.29 is 23.6 Å². The van der Waals surface area contributed by atoms with Gasteiger partial charge in [0.1, 0.15) is 11.8 Å². The summed E-state index contributed by atoms with van der Waals surface area (Å²) in [6.07, 6.45) is 2.54. The zero-order valence-corrected chi connectivity index (χ0v) is 24.1. The zero-order valence-electron chi connectivity index (χ0n) is 22.6. The third-order valence-corrected chi connectivity index (χ3v) is 6.89. The molecule has 6 aromatic rings. The molecule has 0 radical (unpaired) electrons. The highest BCUT2D eigenvalue weighted by Crippen LogP contribution is 2.41. The molecular weight excluding hydrogens is 622 g/mol. The Bertz CT molecular complexity index is 2080. The van der Waals surface area contributed by atoms with E-state index in [9.17, 15) is 14.9 Å². The normalized spacial score (nSPS) is 11.3. The third-order valence-electron chi connectivity index (χ3n) is 6.40. The first-order chi connectivity index (χ1) is 20.8. The van der Waals surface area contributed by atoms with Gasteiger partial charge in [-0.05, 0) is 48.5 Å². The lowest BCUT2D eigenvalue weighted by atomic mass is 10.2. The number of para-hydroxylation sites is 1. The fourth-order valence-corrected chi connectivity index (χ4v) is 4.74. The molecule has 0 aliphatic heterocycles. The van der Waals surface area contributed by atoms with Crippen LogP contribution in [0, 0.1) is 10.1 Å². The molecule has 0 atom stereocenters. The molecule has 0 N–H and O–H groups in total. The van der Waals surface area contributed by atoms with Gasteiger partial charge in [-0.3, -0.25) is 14.9 Å². The number of halogens is 1. The number of furan rings is 1. The van der Waals surface area contributed by atoms with Crippen LogP contribution < -0.4 is 19.8 Å². The second-order valence-corrected chi connectivity index (χ2v) is 9.99. The van der Waals surface area contributed by atoms with Crippen molar-refractivity contribution in [1.82, 2.24) is 14.6 Å². The molecule has 0 amide bonds. The van der Waals surface area contributed by atoms with E-state index in [0.29, 0.717) is 27.8 Å². The molecule has 13 heteroatoms. The zero-order chi connectivity index (χ0) is 30.1. The summed E-state index contributed by atoms with van der Waals surface area (Å²) in [7, 11) is 2.89. The summed E-state index contributed by atoms with van der Waals surface area (Å²) < 4.78 is 25.0. The molecule has 0 bridgehead atoms. The Labute approximate surface area is 251 Å². The summed E-state index contributed by atoms with van der Waals surface area (Å²) in [6.45, 7) is 0. The molecule has 3 aromatic heterocycles. The molecule has 0 aliphatic carbocycles. The highest BCUT2D eigenvalue weighted by atomic mass is 79.9. The molecule has 0 aliphatic rings. The number of rotatable bonds is 8. The summed E-state index contributed by atoms with van der Waals surface area (Å²) in [4.78, 5) is 32.7. The van der Waals surface area contributed by atoms with Crippen molar-refractivity contribution in [2.75, 3.05) is 14.2 Å². The van der Waals surface area contributed by atoms with Gasteiger partial charge in [0.15, 0.2) is 17.3 Å².